The van der Waals surface area contributed by atoms with E-state index in [1.807, 2.05) is 47.5 Å². The Hall–Kier alpha value is -5.22. The van der Waals surface area contributed by atoms with Gasteiger partial charge in [-0.25, -0.2) is 14.8 Å². The van der Waals surface area contributed by atoms with Crippen LogP contribution in [0.4, 0.5) is 4.79 Å². The summed E-state index contributed by atoms with van der Waals surface area (Å²) >= 11 is 1.74. The van der Waals surface area contributed by atoms with Gasteiger partial charge in [0.2, 0.25) is 0 Å². The van der Waals surface area contributed by atoms with Crippen LogP contribution >= 0.6 is 11.3 Å². The summed E-state index contributed by atoms with van der Waals surface area (Å²) in [6, 6.07) is 27.2. The molecular weight excluding hydrogens is 572 g/mol. The van der Waals surface area contributed by atoms with Crippen molar-refractivity contribution in [1.29, 1.82) is 0 Å². The Morgan fingerprint density at radius 3 is 2.48 bits per heavy atom. The number of imidazole rings is 2. The maximum atomic E-state index is 13.8. The van der Waals surface area contributed by atoms with Crippen LogP contribution in [0.2, 0.25) is 0 Å². The number of carbonyl (C=O) groups is 2. The number of aromatic amines is 2. The number of carbonyl (C=O) groups excluding carboxylic acids is 2. The van der Waals surface area contributed by atoms with E-state index in [-0.39, 0.29) is 11.9 Å². The first-order chi connectivity index (χ1) is 21.6. The summed E-state index contributed by atoms with van der Waals surface area (Å²) in [6.07, 6.45) is 4.48. The molecule has 2 unspecified atom stereocenters. The zero-order chi connectivity index (χ0) is 30.0. The summed E-state index contributed by atoms with van der Waals surface area (Å²) in [5.74, 6) is 0.561. The van der Waals surface area contributed by atoms with Crippen LogP contribution < -0.4 is 5.32 Å². The van der Waals surface area contributed by atoms with E-state index in [4.69, 9.17) is 9.72 Å². The summed E-state index contributed by atoms with van der Waals surface area (Å²) in [5.41, 5.74) is 6.83. The van der Waals surface area contributed by atoms with E-state index in [2.05, 4.69) is 68.8 Å². The first-order valence-corrected chi connectivity index (χ1v) is 15.3. The number of H-pyrrole nitrogens is 2. The smallest absolute Gasteiger partial charge is 0.407 e. The Bertz CT molecular complexity index is 1910. The number of benzene rings is 3. The molecule has 7 rings (SSSR count). The van der Waals surface area contributed by atoms with Crippen molar-refractivity contribution < 1.29 is 14.3 Å². The predicted octanol–water partition coefficient (Wildman–Crippen LogP) is 7.11. The molecule has 1 aliphatic rings. The number of aromatic nitrogens is 4. The highest BCUT2D eigenvalue weighted by molar-refractivity contribution is 7.18. The largest absolute Gasteiger partial charge is 0.453 e. The van der Waals surface area contributed by atoms with Crippen LogP contribution in [0, 0.1) is 0 Å². The third-order valence-electron chi connectivity index (χ3n) is 8.05. The number of hydrogen-bond donors (Lipinski definition) is 3. The molecular formula is C34H30N6O3S. The third-order valence-corrected chi connectivity index (χ3v) is 9.23. The van der Waals surface area contributed by atoms with Gasteiger partial charge >= 0.3 is 6.09 Å². The number of fused-ring (bicyclic) bond motifs is 1. The molecule has 1 fully saturated rings. The van der Waals surface area contributed by atoms with Gasteiger partial charge in [0.05, 0.1) is 42.4 Å². The van der Waals surface area contributed by atoms with Crippen LogP contribution in [-0.4, -0.2) is 50.5 Å². The fourth-order valence-corrected chi connectivity index (χ4v) is 6.81. The van der Waals surface area contributed by atoms with E-state index in [1.54, 1.807) is 17.7 Å². The molecule has 2 atom stereocenters. The predicted molar refractivity (Wildman–Crippen MR) is 171 cm³/mol. The minimum absolute atomic E-state index is 0.186. The van der Waals surface area contributed by atoms with Crippen molar-refractivity contribution in [3.8, 4) is 32.1 Å². The van der Waals surface area contributed by atoms with E-state index in [9.17, 15) is 9.59 Å². The van der Waals surface area contributed by atoms with E-state index >= 15 is 0 Å². The van der Waals surface area contributed by atoms with Gasteiger partial charge in [-0.15, -0.1) is 11.3 Å². The molecule has 220 valence electrons. The average molecular weight is 603 g/mol. The van der Waals surface area contributed by atoms with Gasteiger partial charge < -0.3 is 24.9 Å². The van der Waals surface area contributed by atoms with Crippen LogP contribution in [0.15, 0.2) is 97.5 Å². The SMILES string of the molecule is COC(=O)NC(C(=O)N1CCCC1c1nc2ccc(-c3ccc(-c4ccc(-c5cnc[nH]5)cc4)s3)cc2[nH]1)c1ccccc1. The Morgan fingerprint density at radius 2 is 1.73 bits per heavy atom. The Kier molecular flexibility index (Phi) is 7.41. The molecule has 6 aromatic rings. The highest BCUT2D eigenvalue weighted by Gasteiger charge is 2.37. The van der Waals surface area contributed by atoms with E-state index in [0.717, 1.165) is 57.0 Å². The molecule has 44 heavy (non-hydrogen) atoms. The van der Waals surface area contributed by atoms with Crippen LogP contribution in [0.25, 0.3) is 43.2 Å². The Balaban J connectivity index is 1.12. The number of alkyl carbamates (subject to hydrolysis) is 1. The highest BCUT2D eigenvalue weighted by Crippen LogP contribution is 2.38. The molecule has 4 heterocycles. The molecule has 0 bridgehead atoms. The normalized spacial score (nSPS) is 15.4. The van der Waals surface area contributed by atoms with Gasteiger partial charge in [0.25, 0.3) is 5.91 Å². The summed E-state index contributed by atoms with van der Waals surface area (Å²) in [6.45, 7) is 0.582. The minimum Gasteiger partial charge on any atom is -0.453 e. The van der Waals surface area contributed by atoms with Crippen molar-refractivity contribution in [3.05, 3.63) is 109 Å². The van der Waals surface area contributed by atoms with Gasteiger partial charge in [0.15, 0.2) is 0 Å². The molecule has 3 aromatic heterocycles. The summed E-state index contributed by atoms with van der Waals surface area (Å²) in [5, 5.41) is 2.72. The molecule has 1 aliphatic heterocycles. The van der Waals surface area contributed by atoms with Gasteiger partial charge in [0.1, 0.15) is 11.9 Å². The van der Waals surface area contributed by atoms with E-state index in [0.29, 0.717) is 12.1 Å². The van der Waals surface area contributed by atoms with Gasteiger partial charge in [-0.3, -0.25) is 4.79 Å². The molecule has 0 radical (unpaired) electrons. The van der Waals surface area contributed by atoms with Crippen LogP contribution in [-0.2, 0) is 9.53 Å². The number of nitrogens with zero attached hydrogens (tertiary/aromatic N) is 3. The molecule has 10 heteroatoms. The average Bonchev–Trinajstić information content (AvgIpc) is 3.90. The lowest BCUT2D eigenvalue weighted by Crippen LogP contribution is -2.42. The molecule has 2 amide bonds. The number of methoxy groups -OCH3 is 1. The number of ether oxygens (including phenoxy) is 1. The molecule has 3 N–H and O–H groups in total. The lowest BCUT2D eigenvalue weighted by Gasteiger charge is -2.28. The first kappa shape index (κ1) is 27.6. The molecule has 1 saturated heterocycles. The minimum atomic E-state index is -0.852. The Morgan fingerprint density at radius 1 is 0.977 bits per heavy atom. The Labute approximate surface area is 257 Å². The van der Waals surface area contributed by atoms with Gasteiger partial charge in [-0.2, -0.15) is 0 Å². The topological polar surface area (TPSA) is 116 Å². The number of nitrogens with one attached hydrogen (secondary N) is 3. The zero-order valence-electron chi connectivity index (χ0n) is 24.0. The summed E-state index contributed by atoms with van der Waals surface area (Å²) in [7, 11) is 1.29. The molecule has 0 aliphatic carbocycles. The van der Waals surface area contributed by atoms with Crippen molar-refractivity contribution in [3.63, 3.8) is 0 Å². The first-order valence-electron chi connectivity index (χ1n) is 14.5. The third kappa shape index (κ3) is 5.35. The van der Waals surface area contributed by atoms with Crippen molar-refractivity contribution >= 4 is 34.4 Å². The number of hydrogen-bond acceptors (Lipinski definition) is 6. The second-order valence-electron chi connectivity index (χ2n) is 10.7. The zero-order valence-corrected chi connectivity index (χ0v) is 24.8. The number of rotatable bonds is 7. The second-order valence-corrected chi connectivity index (χ2v) is 11.8. The highest BCUT2D eigenvalue weighted by atomic mass is 32.1. The van der Waals surface area contributed by atoms with Crippen LogP contribution in [0.1, 0.15) is 36.3 Å². The maximum absolute atomic E-state index is 13.8. The van der Waals surface area contributed by atoms with Gasteiger partial charge in [-0.05, 0) is 59.4 Å². The molecule has 9 nitrogen and oxygen atoms in total. The second kappa shape index (κ2) is 11.8. The monoisotopic (exact) mass is 602 g/mol. The van der Waals surface area contributed by atoms with Crippen LogP contribution in [0.3, 0.4) is 0 Å². The van der Waals surface area contributed by atoms with Gasteiger partial charge in [0, 0.05) is 16.3 Å². The molecule has 3 aromatic carbocycles. The van der Waals surface area contributed by atoms with E-state index in [1.165, 1.54) is 12.0 Å². The number of thiophene rings is 1. The van der Waals surface area contributed by atoms with Gasteiger partial charge in [-0.1, -0.05) is 60.7 Å². The standard InChI is InChI=1S/C34H30N6O3S/c1-43-34(42)39-31(23-6-3-2-4-7-23)33(41)40-17-5-8-28(40)32-37-25-14-13-24(18-26(25)38-32)30-16-15-29(44-30)22-11-9-21(10-12-22)27-19-35-20-36-27/h2-4,6-7,9-16,18-20,28,31H,5,8,17H2,1H3,(H,35,36)(H,37,38)(H,39,42). The fourth-order valence-electron chi connectivity index (χ4n) is 5.81. The van der Waals surface area contributed by atoms with Crippen molar-refractivity contribution in [2.24, 2.45) is 0 Å². The van der Waals surface area contributed by atoms with Crippen LogP contribution in [0.5, 0.6) is 0 Å². The van der Waals surface area contributed by atoms with Crippen molar-refractivity contribution in [2.75, 3.05) is 13.7 Å². The number of likely N-dealkylation sites (tertiary alicyclic amines) is 1. The maximum Gasteiger partial charge on any atom is 0.407 e. The van der Waals surface area contributed by atoms with Crippen molar-refractivity contribution in [1.82, 2.24) is 30.2 Å². The quantitative estimate of drug-likeness (QED) is 0.180. The molecule has 0 spiro atoms. The van der Waals surface area contributed by atoms with E-state index < -0.39 is 12.1 Å². The molecule has 0 saturated carbocycles. The summed E-state index contributed by atoms with van der Waals surface area (Å²) < 4.78 is 4.82. The van der Waals surface area contributed by atoms with Crippen molar-refractivity contribution in [2.45, 2.75) is 24.9 Å². The lowest BCUT2D eigenvalue weighted by molar-refractivity contribution is -0.134. The summed E-state index contributed by atoms with van der Waals surface area (Å²) in [4.78, 5) is 45.8. The number of amides is 2. The fraction of sp³-hybridized carbons (Fsp3) is 0.176. The lowest BCUT2D eigenvalue weighted by atomic mass is 10.1.